The first kappa shape index (κ1) is 17.9. The molecule has 0 unspecified atom stereocenters. The van der Waals surface area contributed by atoms with Gasteiger partial charge in [0.1, 0.15) is 6.54 Å². The van der Waals surface area contributed by atoms with Crippen molar-refractivity contribution in [1.82, 2.24) is 14.5 Å². The monoisotopic (exact) mass is 371 g/mol. The maximum Gasteiger partial charge on any atom is 0.336 e. The van der Waals surface area contributed by atoms with Gasteiger partial charge >= 0.3 is 5.69 Å². The summed E-state index contributed by atoms with van der Waals surface area (Å²) in [5.74, 6) is -0.282. The molecule has 0 aliphatic rings. The second-order valence-electron chi connectivity index (χ2n) is 5.86. The number of hydrogen-bond donors (Lipinski definition) is 1. The van der Waals surface area contributed by atoms with Crippen LogP contribution in [0, 0.1) is 0 Å². The summed E-state index contributed by atoms with van der Waals surface area (Å²) >= 11 is 6.01. The van der Waals surface area contributed by atoms with Crippen molar-refractivity contribution < 1.29 is 4.79 Å². The smallest absolute Gasteiger partial charge is 0.336 e. The van der Waals surface area contributed by atoms with E-state index in [9.17, 15) is 14.4 Å². The predicted molar refractivity (Wildman–Crippen MR) is 102 cm³/mol. The summed E-state index contributed by atoms with van der Waals surface area (Å²) < 4.78 is 2.35. The first-order valence-corrected chi connectivity index (χ1v) is 8.68. The van der Waals surface area contributed by atoms with Crippen molar-refractivity contribution in [3.63, 3.8) is 0 Å². The number of nitrogens with one attached hydrogen (secondary N) is 1. The van der Waals surface area contributed by atoms with Crippen molar-refractivity contribution in [2.24, 2.45) is 0 Å². The Labute approximate surface area is 154 Å². The minimum Gasteiger partial charge on any atom is -0.355 e. The van der Waals surface area contributed by atoms with Crippen LogP contribution >= 0.6 is 11.6 Å². The Bertz CT molecular complexity index is 1090. The third-order valence-corrected chi connectivity index (χ3v) is 4.23. The van der Waals surface area contributed by atoms with Crippen molar-refractivity contribution in [1.29, 1.82) is 0 Å². The number of rotatable bonds is 5. The van der Waals surface area contributed by atoms with Gasteiger partial charge in [-0.3, -0.25) is 14.2 Å². The molecule has 1 heterocycles. The molecule has 1 N–H and O–H groups in total. The van der Waals surface area contributed by atoms with Gasteiger partial charge in [-0.1, -0.05) is 36.7 Å². The predicted octanol–water partition coefficient (Wildman–Crippen LogP) is 2.33. The number of fused-ring (bicyclic) bond motifs is 1. The molecule has 2 aromatic carbocycles. The highest BCUT2D eigenvalue weighted by atomic mass is 35.5. The lowest BCUT2D eigenvalue weighted by Crippen LogP contribution is -2.41. The molecule has 3 aromatic rings. The fourth-order valence-corrected chi connectivity index (χ4v) is 2.97. The van der Waals surface area contributed by atoms with Gasteiger partial charge in [-0.05, 0) is 36.8 Å². The molecule has 0 bridgehead atoms. The van der Waals surface area contributed by atoms with Crippen LogP contribution in [0.4, 0.5) is 0 Å². The van der Waals surface area contributed by atoms with Crippen molar-refractivity contribution in [2.45, 2.75) is 19.9 Å². The summed E-state index contributed by atoms with van der Waals surface area (Å²) in [7, 11) is 0. The first-order valence-electron chi connectivity index (χ1n) is 8.30. The Morgan fingerprint density at radius 1 is 1.12 bits per heavy atom. The lowest BCUT2D eigenvalue weighted by molar-refractivity contribution is -0.121. The molecule has 26 heavy (non-hydrogen) atoms. The zero-order valence-electron chi connectivity index (χ0n) is 14.2. The fourth-order valence-electron chi connectivity index (χ4n) is 2.78. The number of carbonyl (C=O) groups is 1. The molecule has 0 aliphatic carbocycles. The highest BCUT2D eigenvalue weighted by Gasteiger charge is 2.16. The Balaban J connectivity index is 2.25. The zero-order chi connectivity index (χ0) is 18.7. The average molecular weight is 372 g/mol. The van der Waals surface area contributed by atoms with E-state index in [1.54, 1.807) is 48.5 Å². The maximum absolute atomic E-state index is 13.0. The van der Waals surface area contributed by atoms with E-state index in [4.69, 9.17) is 11.6 Å². The van der Waals surface area contributed by atoms with Gasteiger partial charge in [0, 0.05) is 11.6 Å². The Hall–Kier alpha value is -2.86. The molecular formula is C19H18ClN3O3. The lowest BCUT2D eigenvalue weighted by Gasteiger charge is -2.14. The molecule has 0 atom stereocenters. The zero-order valence-corrected chi connectivity index (χ0v) is 15.0. The third kappa shape index (κ3) is 3.41. The molecule has 0 radical (unpaired) electrons. The van der Waals surface area contributed by atoms with Crippen LogP contribution in [0.3, 0.4) is 0 Å². The molecule has 134 valence electrons. The molecule has 0 fully saturated rings. The highest BCUT2D eigenvalue weighted by Crippen LogP contribution is 2.14. The van der Waals surface area contributed by atoms with Crippen molar-refractivity contribution in [2.75, 3.05) is 6.54 Å². The van der Waals surface area contributed by atoms with Crippen molar-refractivity contribution in [3.05, 3.63) is 74.4 Å². The molecule has 1 aromatic heterocycles. The fraction of sp³-hybridized carbons (Fsp3) is 0.211. The van der Waals surface area contributed by atoms with E-state index in [0.717, 1.165) is 11.0 Å². The van der Waals surface area contributed by atoms with Crippen LogP contribution in [0.5, 0.6) is 0 Å². The molecule has 6 nitrogen and oxygen atoms in total. The first-order chi connectivity index (χ1) is 12.5. The van der Waals surface area contributed by atoms with E-state index in [1.807, 2.05) is 6.92 Å². The molecule has 0 spiro atoms. The van der Waals surface area contributed by atoms with E-state index in [2.05, 4.69) is 5.32 Å². The van der Waals surface area contributed by atoms with E-state index >= 15 is 0 Å². The number of hydrogen-bond acceptors (Lipinski definition) is 3. The van der Waals surface area contributed by atoms with Gasteiger partial charge in [0.15, 0.2) is 0 Å². The number of carbonyl (C=O) groups excluding carboxylic acids is 1. The molecule has 1 amide bonds. The quantitative estimate of drug-likeness (QED) is 0.748. The summed E-state index contributed by atoms with van der Waals surface area (Å²) in [4.78, 5) is 38.1. The summed E-state index contributed by atoms with van der Waals surface area (Å²) in [6, 6.07) is 13.2. The van der Waals surface area contributed by atoms with E-state index in [-0.39, 0.29) is 12.5 Å². The van der Waals surface area contributed by atoms with Crippen LogP contribution in [-0.4, -0.2) is 21.6 Å². The minimum atomic E-state index is -0.581. The van der Waals surface area contributed by atoms with Crippen LogP contribution in [0.1, 0.15) is 13.3 Å². The minimum absolute atomic E-state index is 0.166. The molecule has 0 saturated heterocycles. The molecular weight excluding hydrogens is 354 g/mol. The van der Waals surface area contributed by atoms with E-state index < -0.39 is 11.2 Å². The Kier molecular flexibility index (Phi) is 5.23. The van der Waals surface area contributed by atoms with Crippen LogP contribution in [0.2, 0.25) is 5.02 Å². The summed E-state index contributed by atoms with van der Waals surface area (Å²) in [6.07, 6.45) is 0.795. The van der Waals surface area contributed by atoms with Gasteiger partial charge in [0.25, 0.3) is 5.56 Å². The number of amides is 1. The van der Waals surface area contributed by atoms with Gasteiger partial charge in [-0.15, -0.1) is 0 Å². The molecule has 7 heteroatoms. The Morgan fingerprint density at radius 3 is 2.62 bits per heavy atom. The number of halogens is 1. The molecule has 0 saturated carbocycles. The van der Waals surface area contributed by atoms with Gasteiger partial charge in [-0.25, -0.2) is 9.36 Å². The van der Waals surface area contributed by atoms with E-state index in [1.165, 1.54) is 4.57 Å². The number of nitrogens with zero attached hydrogens (tertiary/aromatic N) is 2. The maximum atomic E-state index is 13.0. The number of para-hydroxylation sites is 1. The van der Waals surface area contributed by atoms with Crippen molar-refractivity contribution in [3.8, 4) is 5.69 Å². The second kappa shape index (κ2) is 7.58. The molecule has 0 aliphatic heterocycles. The van der Waals surface area contributed by atoms with Gasteiger partial charge in [0.2, 0.25) is 5.91 Å². The van der Waals surface area contributed by atoms with Crippen LogP contribution < -0.4 is 16.6 Å². The summed E-state index contributed by atoms with van der Waals surface area (Å²) in [5, 5.41) is 3.52. The van der Waals surface area contributed by atoms with Crippen molar-refractivity contribution >= 4 is 28.4 Å². The van der Waals surface area contributed by atoms with Crippen LogP contribution in [-0.2, 0) is 11.3 Å². The largest absolute Gasteiger partial charge is 0.355 e. The van der Waals surface area contributed by atoms with Gasteiger partial charge in [-0.2, -0.15) is 0 Å². The topological polar surface area (TPSA) is 73.1 Å². The second-order valence-corrected chi connectivity index (χ2v) is 6.29. The highest BCUT2D eigenvalue weighted by molar-refractivity contribution is 6.30. The third-order valence-electron chi connectivity index (χ3n) is 3.99. The average Bonchev–Trinajstić information content (AvgIpc) is 2.63. The van der Waals surface area contributed by atoms with Gasteiger partial charge < -0.3 is 5.32 Å². The lowest BCUT2D eigenvalue weighted by atomic mass is 10.2. The van der Waals surface area contributed by atoms with Crippen LogP contribution in [0.15, 0.2) is 58.1 Å². The van der Waals surface area contributed by atoms with E-state index in [0.29, 0.717) is 28.2 Å². The summed E-state index contributed by atoms with van der Waals surface area (Å²) in [6.45, 7) is 2.31. The standard InChI is InChI=1S/C19H18ClN3O3/c1-2-10-21-17(24)12-22-16-9-4-3-8-15(16)18(25)23(19(22)26)14-7-5-6-13(20)11-14/h3-9,11H,2,10,12H2,1H3,(H,21,24). The summed E-state index contributed by atoms with van der Waals surface area (Å²) in [5.41, 5.74) is -0.242. The number of benzene rings is 2. The SMILES string of the molecule is CCCNC(=O)Cn1c(=O)n(-c2cccc(Cl)c2)c(=O)c2ccccc21. The van der Waals surface area contributed by atoms with Gasteiger partial charge in [0.05, 0.1) is 16.6 Å². The number of aromatic nitrogens is 2. The molecule has 3 rings (SSSR count). The van der Waals surface area contributed by atoms with Crippen LogP contribution in [0.25, 0.3) is 16.6 Å². The normalized spacial score (nSPS) is 10.8. The Morgan fingerprint density at radius 2 is 1.88 bits per heavy atom.